The van der Waals surface area contributed by atoms with E-state index in [4.69, 9.17) is 21.4 Å². The third-order valence-corrected chi connectivity index (χ3v) is 2.77. The largest absolute Gasteiger partial charge is 0.481 e. The van der Waals surface area contributed by atoms with Crippen LogP contribution in [0.1, 0.15) is 24.3 Å². The minimum atomic E-state index is -0.963. The van der Waals surface area contributed by atoms with Crippen LogP contribution >= 0.6 is 11.6 Å². The van der Waals surface area contributed by atoms with Gasteiger partial charge in [-0.3, -0.25) is 4.79 Å². The molecule has 0 aliphatic carbocycles. The number of aliphatic carboxylic acids is 1. The predicted molar refractivity (Wildman–Crippen MR) is 64.1 cm³/mol. The van der Waals surface area contributed by atoms with Crippen LogP contribution in [0.15, 0.2) is 24.3 Å². The van der Waals surface area contributed by atoms with Gasteiger partial charge in [0.2, 0.25) is 0 Å². The first-order valence-electron chi connectivity index (χ1n) is 5.21. The fourth-order valence-electron chi connectivity index (χ4n) is 1.62. The number of hydrogen-bond acceptors (Lipinski definition) is 3. The second kappa shape index (κ2) is 6.59. The van der Waals surface area contributed by atoms with Crippen molar-refractivity contribution in [2.75, 3.05) is 7.11 Å². The SMILES string of the molecule is CO[C@H](O)C[C@@H](CC(=O)O)c1ccc(Cl)cc1. The van der Waals surface area contributed by atoms with Crippen LogP contribution in [0.3, 0.4) is 0 Å². The molecule has 0 bridgehead atoms. The van der Waals surface area contributed by atoms with E-state index in [1.165, 1.54) is 7.11 Å². The lowest BCUT2D eigenvalue weighted by atomic mass is 9.92. The van der Waals surface area contributed by atoms with Gasteiger partial charge in [0.05, 0.1) is 6.42 Å². The highest BCUT2D eigenvalue weighted by Crippen LogP contribution is 2.26. The minimum Gasteiger partial charge on any atom is -0.481 e. The lowest BCUT2D eigenvalue weighted by molar-refractivity contribution is -0.138. The molecule has 0 unspecified atom stereocenters. The number of ether oxygens (including phenoxy) is 1. The van der Waals surface area contributed by atoms with Gasteiger partial charge in [-0.25, -0.2) is 0 Å². The Hall–Kier alpha value is -1.10. The standard InChI is InChI=1S/C12H15ClO4/c1-17-12(16)7-9(6-11(14)15)8-2-4-10(13)5-3-8/h2-5,9,12,16H,6-7H2,1H3,(H,14,15)/t9-,12+/m1/s1. The number of halogens is 1. The fraction of sp³-hybridized carbons (Fsp3) is 0.417. The monoisotopic (exact) mass is 258 g/mol. The molecule has 0 spiro atoms. The van der Waals surface area contributed by atoms with E-state index in [1.807, 2.05) is 0 Å². The van der Waals surface area contributed by atoms with Crippen molar-refractivity contribution >= 4 is 17.6 Å². The molecule has 5 heteroatoms. The first-order valence-corrected chi connectivity index (χ1v) is 5.59. The molecular formula is C12H15ClO4. The van der Waals surface area contributed by atoms with E-state index in [1.54, 1.807) is 24.3 Å². The van der Waals surface area contributed by atoms with E-state index in [0.29, 0.717) is 5.02 Å². The molecule has 0 aliphatic rings. The third kappa shape index (κ3) is 4.73. The summed E-state index contributed by atoms with van der Waals surface area (Å²) in [6.07, 6.45) is -0.776. The number of carboxylic acids is 1. The summed E-state index contributed by atoms with van der Waals surface area (Å²) >= 11 is 5.76. The van der Waals surface area contributed by atoms with Gasteiger partial charge in [-0.2, -0.15) is 0 Å². The predicted octanol–water partition coefficient (Wildman–Crippen LogP) is 2.25. The zero-order valence-corrected chi connectivity index (χ0v) is 10.2. The highest BCUT2D eigenvalue weighted by molar-refractivity contribution is 6.30. The quantitative estimate of drug-likeness (QED) is 0.768. The van der Waals surface area contributed by atoms with Crippen molar-refractivity contribution in [2.45, 2.75) is 25.0 Å². The number of rotatable bonds is 6. The van der Waals surface area contributed by atoms with Gasteiger partial charge in [0.1, 0.15) is 0 Å². The summed E-state index contributed by atoms with van der Waals surface area (Å²) < 4.78 is 4.74. The lowest BCUT2D eigenvalue weighted by Crippen LogP contribution is -2.16. The van der Waals surface area contributed by atoms with Crippen LogP contribution in [-0.4, -0.2) is 29.6 Å². The van der Waals surface area contributed by atoms with E-state index < -0.39 is 12.3 Å². The summed E-state index contributed by atoms with van der Waals surface area (Å²) in [6.45, 7) is 0. The first-order chi connectivity index (χ1) is 8.02. The summed E-state index contributed by atoms with van der Waals surface area (Å²) in [7, 11) is 1.38. The molecule has 0 fully saturated rings. The van der Waals surface area contributed by atoms with Gasteiger partial charge in [0.25, 0.3) is 0 Å². The van der Waals surface area contributed by atoms with Crippen molar-refractivity contribution in [1.29, 1.82) is 0 Å². The van der Waals surface area contributed by atoms with Crippen LogP contribution in [-0.2, 0) is 9.53 Å². The molecule has 0 radical (unpaired) electrons. The molecule has 17 heavy (non-hydrogen) atoms. The van der Waals surface area contributed by atoms with Crippen molar-refractivity contribution in [2.24, 2.45) is 0 Å². The molecule has 4 nitrogen and oxygen atoms in total. The minimum absolute atomic E-state index is 0.0535. The van der Waals surface area contributed by atoms with Gasteiger partial charge in [-0.15, -0.1) is 0 Å². The topological polar surface area (TPSA) is 66.8 Å². The first kappa shape index (κ1) is 14.0. The second-order valence-corrected chi connectivity index (χ2v) is 4.21. The van der Waals surface area contributed by atoms with E-state index in [9.17, 15) is 9.90 Å². The van der Waals surface area contributed by atoms with E-state index in [2.05, 4.69) is 0 Å². The van der Waals surface area contributed by atoms with Crippen LogP contribution in [0.2, 0.25) is 5.02 Å². The molecule has 2 atom stereocenters. The fourth-order valence-corrected chi connectivity index (χ4v) is 1.75. The van der Waals surface area contributed by atoms with E-state index >= 15 is 0 Å². The average Bonchev–Trinajstić information content (AvgIpc) is 2.28. The maximum Gasteiger partial charge on any atom is 0.303 e. The summed E-state index contributed by atoms with van der Waals surface area (Å²) in [6, 6.07) is 6.92. The van der Waals surface area contributed by atoms with Crippen molar-refractivity contribution < 1.29 is 19.7 Å². The molecule has 1 aromatic carbocycles. The van der Waals surface area contributed by atoms with E-state index in [-0.39, 0.29) is 18.8 Å². The average molecular weight is 259 g/mol. The Kier molecular flexibility index (Phi) is 5.41. The van der Waals surface area contributed by atoms with Crippen LogP contribution in [0.5, 0.6) is 0 Å². The third-order valence-electron chi connectivity index (χ3n) is 2.52. The molecular weight excluding hydrogens is 244 g/mol. The lowest BCUT2D eigenvalue weighted by Gasteiger charge is -2.18. The summed E-state index contributed by atoms with van der Waals surface area (Å²) in [5.74, 6) is -1.20. The molecule has 0 saturated carbocycles. The number of benzene rings is 1. The van der Waals surface area contributed by atoms with Crippen LogP contribution in [0, 0.1) is 0 Å². The Balaban J connectivity index is 2.81. The molecule has 0 amide bonds. The summed E-state index contributed by atoms with van der Waals surface area (Å²) in [4.78, 5) is 10.8. The van der Waals surface area contributed by atoms with Gasteiger partial charge in [-0.1, -0.05) is 23.7 Å². The molecule has 1 rings (SSSR count). The Labute approximate surface area is 105 Å². The molecule has 0 heterocycles. The molecule has 0 aromatic heterocycles. The number of aliphatic hydroxyl groups is 1. The van der Waals surface area contributed by atoms with Crippen molar-refractivity contribution in [3.05, 3.63) is 34.9 Å². The van der Waals surface area contributed by atoms with Crippen LogP contribution in [0.25, 0.3) is 0 Å². The molecule has 2 N–H and O–H groups in total. The van der Waals surface area contributed by atoms with Gasteiger partial charge < -0.3 is 14.9 Å². The maximum absolute atomic E-state index is 10.8. The smallest absolute Gasteiger partial charge is 0.303 e. The molecule has 1 aromatic rings. The van der Waals surface area contributed by atoms with Crippen molar-refractivity contribution in [3.63, 3.8) is 0 Å². The van der Waals surface area contributed by atoms with Crippen LogP contribution in [0.4, 0.5) is 0 Å². The van der Waals surface area contributed by atoms with E-state index in [0.717, 1.165) is 5.56 Å². The molecule has 0 saturated heterocycles. The van der Waals surface area contributed by atoms with Crippen LogP contribution < -0.4 is 0 Å². The number of methoxy groups -OCH3 is 1. The highest BCUT2D eigenvalue weighted by Gasteiger charge is 2.19. The Morgan fingerprint density at radius 1 is 1.41 bits per heavy atom. The van der Waals surface area contributed by atoms with Gasteiger partial charge in [0, 0.05) is 18.6 Å². The normalized spacial score (nSPS) is 14.3. The highest BCUT2D eigenvalue weighted by atomic mass is 35.5. The number of aliphatic hydroxyl groups excluding tert-OH is 1. The zero-order chi connectivity index (χ0) is 12.8. The second-order valence-electron chi connectivity index (χ2n) is 3.77. The van der Waals surface area contributed by atoms with Crippen molar-refractivity contribution in [1.82, 2.24) is 0 Å². The summed E-state index contributed by atoms with van der Waals surface area (Å²) in [5, 5.41) is 18.8. The van der Waals surface area contributed by atoms with Gasteiger partial charge in [-0.05, 0) is 23.6 Å². The maximum atomic E-state index is 10.8. The number of hydrogen-bond donors (Lipinski definition) is 2. The Morgan fingerprint density at radius 3 is 2.47 bits per heavy atom. The Bertz CT molecular complexity index is 363. The molecule has 94 valence electrons. The van der Waals surface area contributed by atoms with Gasteiger partial charge in [0.15, 0.2) is 6.29 Å². The summed E-state index contributed by atoms with van der Waals surface area (Å²) in [5.41, 5.74) is 0.827. The zero-order valence-electron chi connectivity index (χ0n) is 9.47. The number of carboxylic acid groups (broad SMARTS) is 1. The van der Waals surface area contributed by atoms with Crippen molar-refractivity contribution in [3.8, 4) is 0 Å². The van der Waals surface area contributed by atoms with Gasteiger partial charge >= 0.3 is 5.97 Å². The molecule has 0 aliphatic heterocycles. The number of carbonyl (C=O) groups is 1. The Morgan fingerprint density at radius 2 is 2.00 bits per heavy atom.